The molecule has 4 aromatic heterocycles. The second-order valence-electron chi connectivity index (χ2n) is 7.97. The second kappa shape index (κ2) is 7.48. The molecule has 0 aliphatic heterocycles. The number of fused-ring (bicyclic) bond motifs is 1. The Morgan fingerprint density at radius 2 is 1.97 bits per heavy atom. The highest BCUT2D eigenvalue weighted by Crippen LogP contribution is 2.40. The number of nitrogens with zero attached hydrogens (tertiary/aromatic N) is 6. The fourth-order valence-electron chi connectivity index (χ4n) is 3.91. The molecular weight excluding hydrogens is 475 g/mol. The van der Waals surface area contributed by atoms with Crippen molar-refractivity contribution in [3.63, 3.8) is 0 Å². The van der Waals surface area contributed by atoms with Crippen LogP contribution in [0.2, 0.25) is 0 Å². The van der Waals surface area contributed by atoms with Crippen molar-refractivity contribution in [2.45, 2.75) is 36.9 Å². The third-order valence-corrected chi connectivity index (χ3v) is 7.51. The highest BCUT2D eigenvalue weighted by molar-refractivity contribution is 7.91. The van der Waals surface area contributed by atoms with Gasteiger partial charge in [0.2, 0.25) is 12.0 Å². The van der Waals surface area contributed by atoms with E-state index in [1.54, 1.807) is 0 Å². The molecule has 0 radical (unpaired) electrons. The van der Waals surface area contributed by atoms with Gasteiger partial charge in [-0.1, -0.05) is 16.9 Å². The van der Waals surface area contributed by atoms with Crippen molar-refractivity contribution in [1.82, 2.24) is 29.2 Å². The summed E-state index contributed by atoms with van der Waals surface area (Å²) in [5.41, 5.74) is -2.23. The molecule has 4 aromatic rings. The molecule has 4 heterocycles. The maximum Gasteiger partial charge on any atom is 0.431 e. The number of alkyl halides is 3. The Morgan fingerprint density at radius 1 is 1.24 bits per heavy atom. The van der Waals surface area contributed by atoms with Crippen LogP contribution in [0.1, 0.15) is 31.5 Å². The molecule has 34 heavy (non-hydrogen) atoms. The highest BCUT2D eigenvalue weighted by atomic mass is 32.2. The van der Waals surface area contributed by atoms with Gasteiger partial charge in [0.25, 0.3) is 11.4 Å². The van der Waals surface area contributed by atoms with Crippen LogP contribution in [0, 0.1) is 0 Å². The van der Waals surface area contributed by atoms with Gasteiger partial charge >= 0.3 is 6.18 Å². The molecule has 0 saturated heterocycles. The van der Waals surface area contributed by atoms with Gasteiger partial charge in [-0.3, -0.25) is 9.36 Å². The summed E-state index contributed by atoms with van der Waals surface area (Å²) in [5, 5.41) is 2.79. The van der Waals surface area contributed by atoms with E-state index < -0.39 is 33.3 Å². The Labute approximate surface area is 190 Å². The first-order valence-corrected chi connectivity index (χ1v) is 12.0. The maximum absolute atomic E-state index is 13.8. The maximum atomic E-state index is 13.8. The number of sulfone groups is 1. The molecule has 1 fully saturated rings. The molecule has 1 saturated carbocycles. The third kappa shape index (κ3) is 3.48. The van der Waals surface area contributed by atoms with Crippen molar-refractivity contribution in [1.29, 1.82) is 0 Å². The van der Waals surface area contributed by atoms with E-state index in [1.165, 1.54) is 48.0 Å². The Kier molecular flexibility index (Phi) is 4.90. The van der Waals surface area contributed by atoms with Crippen LogP contribution in [0.5, 0.6) is 0 Å². The zero-order valence-corrected chi connectivity index (χ0v) is 18.9. The molecule has 0 amide bonds. The van der Waals surface area contributed by atoms with E-state index in [2.05, 4.69) is 20.1 Å². The van der Waals surface area contributed by atoms with Crippen molar-refractivity contribution in [3.8, 4) is 17.3 Å². The summed E-state index contributed by atoms with van der Waals surface area (Å²) in [7, 11) is -2.33. The van der Waals surface area contributed by atoms with E-state index in [4.69, 9.17) is 0 Å². The lowest BCUT2D eigenvalue weighted by Gasteiger charge is -2.15. The van der Waals surface area contributed by atoms with E-state index in [1.807, 2.05) is 0 Å². The molecule has 0 aromatic carbocycles. The normalized spacial score (nSPS) is 14.7. The summed E-state index contributed by atoms with van der Waals surface area (Å²) < 4.78 is 70.4. The van der Waals surface area contributed by atoms with Gasteiger partial charge in [0, 0.05) is 19.2 Å². The number of hydrogen-bond acceptors (Lipinski definition) is 6. The molecule has 1 N–H and O–H groups in total. The van der Waals surface area contributed by atoms with Crippen LogP contribution >= 0.6 is 0 Å². The van der Waals surface area contributed by atoms with Gasteiger partial charge in [0.1, 0.15) is 16.1 Å². The predicted octanol–water partition coefficient (Wildman–Crippen LogP) is 1.94. The van der Waals surface area contributed by atoms with E-state index in [-0.39, 0.29) is 39.0 Å². The first-order valence-electron chi connectivity index (χ1n) is 10.4. The minimum absolute atomic E-state index is 0.0391. The Morgan fingerprint density at radius 3 is 2.56 bits per heavy atom. The van der Waals surface area contributed by atoms with Gasteiger partial charge < -0.3 is 4.57 Å². The summed E-state index contributed by atoms with van der Waals surface area (Å²) in [4.78, 5) is 25.6. The summed E-state index contributed by atoms with van der Waals surface area (Å²) in [6.07, 6.45) is -0.989. The second-order valence-corrected chi connectivity index (χ2v) is 10.2. The molecule has 1 aliphatic rings. The molecule has 0 spiro atoms. The van der Waals surface area contributed by atoms with Gasteiger partial charge in [-0.15, -0.1) is 4.68 Å². The van der Waals surface area contributed by atoms with E-state index in [0.29, 0.717) is 12.8 Å². The Hall–Kier alpha value is -3.55. The number of hydrogen-bond donors (Lipinski definition) is 1. The van der Waals surface area contributed by atoms with Crippen molar-refractivity contribution in [2.24, 2.45) is 7.05 Å². The van der Waals surface area contributed by atoms with Crippen LogP contribution in [0.15, 0.2) is 40.5 Å². The van der Waals surface area contributed by atoms with Crippen molar-refractivity contribution >= 4 is 20.9 Å². The summed E-state index contributed by atoms with van der Waals surface area (Å²) in [5.74, 6) is 0.0123. The summed E-state index contributed by atoms with van der Waals surface area (Å²) in [6.45, 7) is 1.47. The number of H-pyrrole nitrogens is 1. The first-order chi connectivity index (χ1) is 16.0. The van der Waals surface area contributed by atoms with Crippen LogP contribution in [0.4, 0.5) is 13.2 Å². The summed E-state index contributed by atoms with van der Waals surface area (Å²) >= 11 is 0. The molecule has 14 heteroatoms. The number of aromatic amines is 1. The molecule has 0 unspecified atom stereocenters. The first kappa shape index (κ1) is 22.3. The number of aryl methyl sites for hydroxylation is 1. The third-order valence-electron chi connectivity index (χ3n) is 5.75. The lowest BCUT2D eigenvalue weighted by molar-refractivity contribution is -0.660. The van der Waals surface area contributed by atoms with Crippen LogP contribution < -0.4 is 10.2 Å². The average Bonchev–Trinajstić information content (AvgIpc) is 3.35. The van der Waals surface area contributed by atoms with Crippen LogP contribution in [0.25, 0.3) is 28.4 Å². The number of halogens is 3. The highest BCUT2D eigenvalue weighted by Gasteiger charge is 2.40. The van der Waals surface area contributed by atoms with Crippen LogP contribution in [0.3, 0.4) is 0 Å². The monoisotopic (exact) mass is 494 g/mol. The molecular formula is C20H19F3N7O3S+. The number of aromatic nitrogens is 7. The SMILES string of the molecule is CCS(=O)(=O)c1ccc(-[n+]2cnc[nH]2)nc1-c1nc2cc(C(F)(F)F)n(C3CC3)c(=O)c2n1C. The zero-order chi connectivity index (χ0) is 24.4. The van der Waals surface area contributed by atoms with Crippen molar-refractivity contribution in [3.05, 3.63) is 46.9 Å². The fraction of sp³-hybridized carbons (Fsp3) is 0.350. The largest absolute Gasteiger partial charge is 0.431 e. The van der Waals surface area contributed by atoms with E-state index >= 15 is 0 Å². The Bertz CT molecular complexity index is 1580. The summed E-state index contributed by atoms with van der Waals surface area (Å²) in [6, 6.07) is 3.13. The van der Waals surface area contributed by atoms with Crippen LogP contribution in [-0.4, -0.2) is 43.4 Å². The Balaban J connectivity index is 1.83. The molecule has 1 aliphatic carbocycles. The lowest BCUT2D eigenvalue weighted by atomic mass is 10.2. The standard InChI is InChI=1S/C20H18F3N7O3S/c1-3-34(32,33)13-6-7-15(29-10-24-9-25-29)27-16(13)18-26-12-8-14(20(21,22)23)30(11-4-5-11)19(31)17(12)28(18)2/h6-11H,3-5H2,1-2H3/p+1. The van der Waals surface area contributed by atoms with Crippen LogP contribution in [-0.2, 0) is 23.1 Å². The quantitative estimate of drug-likeness (QED) is 0.424. The number of pyridine rings is 2. The van der Waals surface area contributed by atoms with Gasteiger partial charge in [-0.2, -0.15) is 13.2 Å². The zero-order valence-electron chi connectivity index (χ0n) is 18.0. The number of rotatable bonds is 5. The smallest absolute Gasteiger partial charge is 0.320 e. The van der Waals surface area contributed by atoms with E-state index in [0.717, 1.165) is 10.6 Å². The topological polar surface area (TPSA) is 119 Å². The predicted molar refractivity (Wildman–Crippen MR) is 113 cm³/mol. The van der Waals surface area contributed by atoms with Crippen molar-refractivity contribution in [2.75, 3.05) is 5.75 Å². The molecule has 5 rings (SSSR count). The molecule has 10 nitrogen and oxygen atoms in total. The van der Waals surface area contributed by atoms with E-state index in [9.17, 15) is 26.4 Å². The average molecular weight is 494 g/mol. The van der Waals surface area contributed by atoms with Gasteiger partial charge in [-0.05, 0) is 25.0 Å². The van der Waals surface area contributed by atoms with Gasteiger partial charge in [0.05, 0.1) is 11.3 Å². The van der Waals surface area contributed by atoms with Gasteiger partial charge in [-0.25, -0.2) is 18.5 Å². The molecule has 0 atom stereocenters. The lowest BCUT2D eigenvalue weighted by Crippen LogP contribution is -2.33. The fourth-order valence-corrected chi connectivity index (χ4v) is 4.93. The minimum atomic E-state index is -4.75. The minimum Gasteiger partial charge on any atom is -0.320 e. The number of imidazole rings is 1. The molecule has 178 valence electrons. The molecule has 0 bridgehead atoms. The van der Waals surface area contributed by atoms with Gasteiger partial charge in [0.15, 0.2) is 22.0 Å². The number of nitrogens with one attached hydrogen (secondary N) is 1. The van der Waals surface area contributed by atoms with Crippen molar-refractivity contribution < 1.29 is 26.3 Å².